The normalized spacial score (nSPS) is 11.7. The predicted molar refractivity (Wildman–Crippen MR) is 154 cm³/mol. The maximum Gasteiger partial charge on any atom is 0.0712 e. The van der Waals surface area contributed by atoms with Gasteiger partial charge in [-0.05, 0) is 73.2 Å². The van der Waals surface area contributed by atoms with Crippen LogP contribution in [0.5, 0.6) is 0 Å². The number of fused-ring (bicyclic) bond motifs is 4. The van der Waals surface area contributed by atoms with E-state index < -0.39 is 0 Å². The van der Waals surface area contributed by atoms with Gasteiger partial charge in [0.05, 0.1) is 22.1 Å². The lowest BCUT2D eigenvalue weighted by Crippen LogP contribution is -1.92. The van der Waals surface area contributed by atoms with E-state index in [0.717, 1.165) is 34.9 Å². The van der Waals surface area contributed by atoms with E-state index in [4.69, 9.17) is 9.97 Å². The Hall–Kier alpha value is -3.78. The lowest BCUT2D eigenvalue weighted by atomic mass is 9.98. The van der Waals surface area contributed by atoms with E-state index >= 15 is 0 Å². The number of rotatable bonds is 9. The monoisotopic (exact) mass is 468 g/mol. The van der Waals surface area contributed by atoms with Crippen molar-refractivity contribution in [1.82, 2.24) is 9.97 Å². The van der Waals surface area contributed by atoms with Crippen LogP contribution < -0.4 is 0 Å². The van der Waals surface area contributed by atoms with Gasteiger partial charge in [0.2, 0.25) is 0 Å². The van der Waals surface area contributed by atoms with Crippen molar-refractivity contribution in [3.05, 3.63) is 108 Å². The first-order valence-corrected chi connectivity index (χ1v) is 13.4. The van der Waals surface area contributed by atoms with Crippen molar-refractivity contribution in [3.63, 3.8) is 0 Å². The molecule has 2 nitrogen and oxygen atoms in total. The second kappa shape index (κ2) is 10.5. The molecule has 0 radical (unpaired) electrons. The Kier molecular flexibility index (Phi) is 6.58. The summed E-state index contributed by atoms with van der Waals surface area (Å²) in [7, 11) is 0. The van der Waals surface area contributed by atoms with Crippen molar-refractivity contribution < 1.29 is 0 Å². The standard InChI is InChI=1S/C34H32N2/c1(3-5-13-25-17-11-21-33-29(25)23-27-15-7-9-19-31(27)35-33)2-4-6-14-26-18-12-22-34-30(26)24-28-16-8-10-20-32(28)36-34/h7-12,15-24H,1-6,13-14H2. The zero-order valence-corrected chi connectivity index (χ0v) is 20.8. The number of benzene rings is 4. The number of hydrogen-bond donors (Lipinski definition) is 0. The maximum absolute atomic E-state index is 4.87. The minimum atomic E-state index is 1.08. The van der Waals surface area contributed by atoms with E-state index in [-0.39, 0.29) is 0 Å². The van der Waals surface area contributed by atoms with Gasteiger partial charge in [0, 0.05) is 21.5 Å². The molecule has 0 aliphatic heterocycles. The smallest absolute Gasteiger partial charge is 0.0712 e. The second-order valence-corrected chi connectivity index (χ2v) is 9.95. The van der Waals surface area contributed by atoms with E-state index in [2.05, 4.69) is 97.1 Å². The summed E-state index contributed by atoms with van der Waals surface area (Å²) in [6.45, 7) is 0. The molecule has 0 saturated carbocycles. The van der Waals surface area contributed by atoms with Crippen molar-refractivity contribution in [2.75, 3.05) is 0 Å². The van der Waals surface area contributed by atoms with Gasteiger partial charge in [0.15, 0.2) is 0 Å². The zero-order chi connectivity index (χ0) is 24.2. The molecule has 6 rings (SSSR count). The molecule has 0 N–H and O–H groups in total. The number of pyridine rings is 2. The van der Waals surface area contributed by atoms with Crippen LogP contribution in [0.15, 0.2) is 97.1 Å². The first-order chi connectivity index (χ1) is 17.8. The number of para-hydroxylation sites is 2. The third-order valence-electron chi connectivity index (χ3n) is 7.44. The summed E-state index contributed by atoms with van der Waals surface area (Å²) >= 11 is 0. The topological polar surface area (TPSA) is 25.8 Å². The van der Waals surface area contributed by atoms with Crippen LogP contribution in [0.2, 0.25) is 0 Å². The first kappa shape index (κ1) is 22.7. The van der Waals surface area contributed by atoms with Crippen LogP contribution in [0, 0.1) is 0 Å². The third kappa shape index (κ3) is 4.81. The summed E-state index contributed by atoms with van der Waals surface area (Å²) in [4.78, 5) is 9.74. The van der Waals surface area contributed by atoms with Crippen molar-refractivity contribution in [3.8, 4) is 0 Å². The summed E-state index contributed by atoms with van der Waals surface area (Å²) in [5.74, 6) is 0. The Morgan fingerprint density at radius 1 is 0.389 bits per heavy atom. The van der Waals surface area contributed by atoms with Gasteiger partial charge in [0.25, 0.3) is 0 Å². The SMILES string of the molecule is c1ccc2nc3cccc(CCCCCCCCc4cccc5nc6ccccc6cc45)c3cc2c1. The van der Waals surface area contributed by atoms with Crippen molar-refractivity contribution in [2.45, 2.75) is 51.4 Å². The Bertz CT molecular complexity index is 1530. The highest BCUT2D eigenvalue weighted by Gasteiger charge is 2.06. The fourth-order valence-electron chi connectivity index (χ4n) is 5.49. The van der Waals surface area contributed by atoms with Crippen LogP contribution in [-0.2, 0) is 12.8 Å². The minimum absolute atomic E-state index is 1.08. The van der Waals surface area contributed by atoms with Gasteiger partial charge < -0.3 is 0 Å². The molecule has 0 amide bonds. The summed E-state index contributed by atoms with van der Waals surface area (Å²) in [6, 6.07) is 34.6. The fourth-order valence-corrected chi connectivity index (χ4v) is 5.49. The molecule has 4 aromatic carbocycles. The number of aryl methyl sites for hydroxylation is 2. The second-order valence-electron chi connectivity index (χ2n) is 9.95. The summed E-state index contributed by atoms with van der Waals surface area (Å²) in [5.41, 5.74) is 7.25. The molecular formula is C34H32N2. The van der Waals surface area contributed by atoms with E-state index in [1.807, 2.05) is 0 Å². The average Bonchev–Trinajstić information content (AvgIpc) is 2.92. The van der Waals surface area contributed by atoms with Gasteiger partial charge in [-0.1, -0.05) is 86.3 Å². The Balaban J connectivity index is 0.994. The molecule has 2 heterocycles. The number of aromatic nitrogens is 2. The maximum atomic E-state index is 4.87. The van der Waals surface area contributed by atoms with Crippen LogP contribution in [0.3, 0.4) is 0 Å². The molecular weight excluding hydrogens is 436 g/mol. The minimum Gasteiger partial charge on any atom is -0.248 e. The van der Waals surface area contributed by atoms with Gasteiger partial charge in [0.1, 0.15) is 0 Å². The summed E-state index contributed by atoms with van der Waals surface area (Å²) < 4.78 is 0. The molecule has 2 heteroatoms. The van der Waals surface area contributed by atoms with Crippen molar-refractivity contribution >= 4 is 43.6 Å². The molecule has 36 heavy (non-hydrogen) atoms. The van der Waals surface area contributed by atoms with Gasteiger partial charge in [-0.25, -0.2) is 9.97 Å². The Morgan fingerprint density at radius 2 is 0.806 bits per heavy atom. The van der Waals surface area contributed by atoms with Crippen LogP contribution in [0.1, 0.15) is 49.7 Å². The lowest BCUT2D eigenvalue weighted by Gasteiger charge is -2.09. The lowest BCUT2D eigenvalue weighted by molar-refractivity contribution is 0.595. The largest absolute Gasteiger partial charge is 0.248 e. The number of hydrogen-bond acceptors (Lipinski definition) is 2. The molecule has 0 spiro atoms. The quantitative estimate of drug-likeness (QED) is 0.156. The molecule has 0 atom stereocenters. The van der Waals surface area contributed by atoms with E-state index in [1.165, 1.54) is 71.2 Å². The highest BCUT2D eigenvalue weighted by atomic mass is 14.7. The van der Waals surface area contributed by atoms with Gasteiger partial charge >= 0.3 is 0 Å². The molecule has 0 fully saturated rings. The average molecular weight is 469 g/mol. The van der Waals surface area contributed by atoms with Gasteiger partial charge in [-0.3, -0.25) is 0 Å². The Labute approximate surface area is 213 Å². The molecule has 0 aliphatic rings. The number of nitrogens with zero attached hydrogens (tertiary/aromatic N) is 2. The molecule has 0 bridgehead atoms. The zero-order valence-electron chi connectivity index (χ0n) is 20.8. The molecule has 0 aliphatic carbocycles. The highest BCUT2D eigenvalue weighted by Crippen LogP contribution is 2.26. The molecule has 0 unspecified atom stereocenters. The molecule has 0 saturated heterocycles. The fraction of sp³-hybridized carbons (Fsp3) is 0.235. The summed E-state index contributed by atoms with van der Waals surface area (Å²) in [5, 5.41) is 5.09. The molecule has 2 aromatic heterocycles. The van der Waals surface area contributed by atoms with Crippen molar-refractivity contribution in [2.24, 2.45) is 0 Å². The molecule has 178 valence electrons. The molecule has 6 aromatic rings. The van der Waals surface area contributed by atoms with E-state index in [9.17, 15) is 0 Å². The van der Waals surface area contributed by atoms with Gasteiger partial charge in [-0.15, -0.1) is 0 Å². The Morgan fingerprint density at radius 3 is 1.31 bits per heavy atom. The first-order valence-electron chi connectivity index (χ1n) is 13.4. The van der Waals surface area contributed by atoms with E-state index in [1.54, 1.807) is 0 Å². The third-order valence-corrected chi connectivity index (χ3v) is 7.44. The highest BCUT2D eigenvalue weighted by molar-refractivity contribution is 5.95. The van der Waals surface area contributed by atoms with Crippen LogP contribution >= 0.6 is 0 Å². The van der Waals surface area contributed by atoms with Crippen LogP contribution in [0.25, 0.3) is 43.6 Å². The van der Waals surface area contributed by atoms with Gasteiger partial charge in [-0.2, -0.15) is 0 Å². The summed E-state index contributed by atoms with van der Waals surface area (Å²) in [6.07, 6.45) is 9.97. The van der Waals surface area contributed by atoms with Crippen molar-refractivity contribution in [1.29, 1.82) is 0 Å². The predicted octanol–water partition coefficient (Wildman–Crippen LogP) is 9.22. The van der Waals surface area contributed by atoms with Crippen LogP contribution in [0.4, 0.5) is 0 Å². The van der Waals surface area contributed by atoms with E-state index in [0.29, 0.717) is 0 Å². The van der Waals surface area contributed by atoms with Crippen LogP contribution in [-0.4, -0.2) is 9.97 Å². The number of unbranched alkanes of at least 4 members (excludes halogenated alkanes) is 5.